The van der Waals surface area contributed by atoms with Crippen LogP contribution < -0.4 is 4.74 Å². The number of aryl methyl sites for hydroxylation is 1. The topological polar surface area (TPSA) is 46.5 Å². The Kier molecular flexibility index (Phi) is 4.44. The predicted molar refractivity (Wildman–Crippen MR) is 70.2 cm³/mol. The maximum Gasteiger partial charge on any atom is 0.416 e. The van der Waals surface area contributed by atoms with Crippen LogP contribution in [0.4, 0.5) is 13.2 Å². The average molecular weight is 302 g/mol. The molecule has 2 atom stereocenters. The van der Waals surface area contributed by atoms with E-state index in [0.29, 0.717) is 37.2 Å². The van der Waals surface area contributed by atoms with Gasteiger partial charge in [-0.3, -0.25) is 4.79 Å². The summed E-state index contributed by atoms with van der Waals surface area (Å²) in [5.41, 5.74) is -0.214. The third-order valence-corrected chi connectivity index (χ3v) is 3.71. The highest BCUT2D eigenvalue weighted by Gasteiger charge is 2.42. The van der Waals surface area contributed by atoms with E-state index in [0.717, 1.165) is 12.1 Å². The van der Waals surface area contributed by atoms with E-state index in [2.05, 4.69) is 0 Å². The van der Waals surface area contributed by atoms with Gasteiger partial charge in [-0.25, -0.2) is 0 Å². The van der Waals surface area contributed by atoms with Gasteiger partial charge in [0.25, 0.3) is 0 Å². The first-order valence-corrected chi connectivity index (χ1v) is 6.88. The third-order valence-electron chi connectivity index (χ3n) is 3.71. The van der Waals surface area contributed by atoms with E-state index in [1.807, 2.05) is 0 Å². The zero-order valence-corrected chi connectivity index (χ0v) is 11.6. The molecule has 116 valence electrons. The van der Waals surface area contributed by atoms with Gasteiger partial charge in [0, 0.05) is 0 Å². The van der Waals surface area contributed by atoms with E-state index in [1.54, 1.807) is 6.92 Å². The molecule has 1 aromatic carbocycles. The Labute approximate surface area is 120 Å². The van der Waals surface area contributed by atoms with Gasteiger partial charge in [0.1, 0.15) is 5.75 Å². The number of hydrogen-bond donors (Lipinski definition) is 1. The summed E-state index contributed by atoms with van der Waals surface area (Å²) in [5.74, 6) is -0.662. The molecular formula is C15H17F3O3. The number of aliphatic carboxylic acids is 1. The molecule has 0 aromatic heterocycles. The van der Waals surface area contributed by atoms with Crippen LogP contribution in [0.1, 0.15) is 30.9 Å². The molecule has 1 aromatic rings. The van der Waals surface area contributed by atoms with Crippen molar-refractivity contribution < 1.29 is 27.8 Å². The van der Waals surface area contributed by atoms with Gasteiger partial charge in [0.05, 0.1) is 18.1 Å². The highest BCUT2D eigenvalue weighted by Crippen LogP contribution is 2.43. The molecule has 0 amide bonds. The Morgan fingerprint density at radius 3 is 2.67 bits per heavy atom. The molecule has 0 spiro atoms. The largest absolute Gasteiger partial charge is 0.494 e. The van der Waals surface area contributed by atoms with Crippen molar-refractivity contribution in [2.24, 2.45) is 11.8 Å². The highest BCUT2D eigenvalue weighted by molar-refractivity contribution is 5.73. The van der Waals surface area contributed by atoms with E-state index in [1.165, 1.54) is 6.07 Å². The summed E-state index contributed by atoms with van der Waals surface area (Å²) in [4.78, 5) is 10.8. The number of carbonyl (C=O) groups is 1. The maximum absolute atomic E-state index is 12.7. The molecule has 21 heavy (non-hydrogen) atoms. The smallest absolute Gasteiger partial charge is 0.416 e. The van der Waals surface area contributed by atoms with Crippen molar-refractivity contribution in [2.45, 2.75) is 32.4 Å². The molecule has 0 radical (unpaired) electrons. The molecule has 1 aliphatic carbocycles. The van der Waals surface area contributed by atoms with Gasteiger partial charge in [0.2, 0.25) is 0 Å². The lowest BCUT2D eigenvalue weighted by atomic mass is 10.0. The van der Waals surface area contributed by atoms with Gasteiger partial charge < -0.3 is 9.84 Å². The molecular weight excluding hydrogens is 285 g/mol. The quantitative estimate of drug-likeness (QED) is 0.870. The summed E-state index contributed by atoms with van der Waals surface area (Å²) >= 11 is 0. The minimum Gasteiger partial charge on any atom is -0.494 e. The van der Waals surface area contributed by atoms with Crippen LogP contribution in [-0.4, -0.2) is 17.7 Å². The first-order valence-electron chi connectivity index (χ1n) is 6.88. The van der Waals surface area contributed by atoms with Crippen molar-refractivity contribution in [1.82, 2.24) is 0 Å². The van der Waals surface area contributed by atoms with Gasteiger partial charge in [-0.1, -0.05) is 0 Å². The number of hydrogen-bond acceptors (Lipinski definition) is 2. The molecule has 1 saturated carbocycles. The second-order valence-electron chi connectivity index (χ2n) is 5.23. The zero-order valence-electron chi connectivity index (χ0n) is 11.6. The Morgan fingerprint density at radius 1 is 1.43 bits per heavy atom. The molecule has 6 heteroatoms. The van der Waals surface area contributed by atoms with E-state index < -0.39 is 17.7 Å². The number of halogens is 3. The van der Waals surface area contributed by atoms with Gasteiger partial charge in [0.15, 0.2) is 0 Å². The van der Waals surface area contributed by atoms with Crippen LogP contribution in [0.3, 0.4) is 0 Å². The summed E-state index contributed by atoms with van der Waals surface area (Å²) in [6.07, 6.45) is -2.81. The van der Waals surface area contributed by atoms with Crippen molar-refractivity contribution >= 4 is 5.97 Å². The molecule has 0 heterocycles. The van der Waals surface area contributed by atoms with Gasteiger partial charge in [-0.2, -0.15) is 13.2 Å². The zero-order chi connectivity index (χ0) is 15.6. The second kappa shape index (κ2) is 5.95. The minimum absolute atomic E-state index is 0.0616. The van der Waals surface area contributed by atoms with Crippen LogP contribution in [0.25, 0.3) is 0 Å². The molecule has 2 unspecified atom stereocenters. The van der Waals surface area contributed by atoms with Crippen LogP contribution in [-0.2, 0) is 17.4 Å². The normalized spacial score (nSPS) is 21.1. The van der Waals surface area contributed by atoms with Crippen molar-refractivity contribution in [3.05, 3.63) is 29.3 Å². The standard InChI is InChI=1S/C15H17F3O3/c1-2-21-13-6-5-11(15(16,17)18)7-10(13)4-3-9-8-12(9)14(19)20/h5-7,9,12H,2-4,8H2,1H3,(H,19,20). The molecule has 1 N–H and O–H groups in total. The maximum atomic E-state index is 12.7. The SMILES string of the molecule is CCOc1ccc(C(F)(F)F)cc1CCC1CC1C(=O)O. The average Bonchev–Trinajstić information content (AvgIpc) is 3.16. The van der Waals surface area contributed by atoms with Crippen LogP contribution in [0.2, 0.25) is 0 Å². The van der Waals surface area contributed by atoms with Crippen LogP contribution in [0.5, 0.6) is 5.75 Å². The second-order valence-corrected chi connectivity index (χ2v) is 5.23. The Hall–Kier alpha value is -1.72. The van der Waals surface area contributed by atoms with Crippen molar-refractivity contribution in [1.29, 1.82) is 0 Å². The summed E-state index contributed by atoms with van der Waals surface area (Å²) in [5, 5.41) is 8.84. The monoisotopic (exact) mass is 302 g/mol. The fourth-order valence-electron chi connectivity index (χ4n) is 2.46. The lowest BCUT2D eigenvalue weighted by molar-refractivity contribution is -0.139. The fraction of sp³-hybridized carbons (Fsp3) is 0.533. The fourth-order valence-corrected chi connectivity index (χ4v) is 2.46. The lowest BCUT2D eigenvalue weighted by Crippen LogP contribution is -2.07. The summed E-state index contributed by atoms with van der Waals surface area (Å²) in [6, 6.07) is 3.44. The van der Waals surface area contributed by atoms with E-state index in [4.69, 9.17) is 9.84 Å². The number of alkyl halides is 3. The molecule has 2 rings (SSSR count). The summed E-state index contributed by atoms with van der Waals surface area (Å²) < 4.78 is 43.6. The third kappa shape index (κ3) is 3.89. The molecule has 0 saturated heterocycles. The number of benzene rings is 1. The number of rotatable bonds is 6. The van der Waals surface area contributed by atoms with E-state index in [-0.39, 0.29) is 11.8 Å². The summed E-state index contributed by atoms with van der Waals surface area (Å²) in [6.45, 7) is 2.14. The first-order chi connectivity index (χ1) is 9.82. The van der Waals surface area contributed by atoms with Crippen molar-refractivity contribution in [2.75, 3.05) is 6.61 Å². The molecule has 0 aliphatic heterocycles. The van der Waals surface area contributed by atoms with Crippen LogP contribution >= 0.6 is 0 Å². The first kappa shape index (κ1) is 15.7. The lowest BCUT2D eigenvalue weighted by Gasteiger charge is -2.13. The predicted octanol–water partition coefficient (Wildman–Crippen LogP) is 3.76. The van der Waals surface area contributed by atoms with E-state index >= 15 is 0 Å². The molecule has 1 aliphatic rings. The van der Waals surface area contributed by atoms with Gasteiger partial charge >= 0.3 is 12.1 Å². The Morgan fingerprint density at radius 2 is 2.14 bits per heavy atom. The Balaban J connectivity index is 2.09. The molecule has 1 fully saturated rings. The number of carboxylic acids is 1. The number of carboxylic acid groups (broad SMARTS) is 1. The molecule has 3 nitrogen and oxygen atoms in total. The van der Waals surface area contributed by atoms with Crippen LogP contribution in [0, 0.1) is 11.8 Å². The minimum atomic E-state index is -4.39. The van der Waals surface area contributed by atoms with Gasteiger partial charge in [-0.15, -0.1) is 0 Å². The summed E-state index contributed by atoms with van der Waals surface area (Å²) in [7, 11) is 0. The van der Waals surface area contributed by atoms with Gasteiger partial charge in [-0.05, 0) is 55.9 Å². The van der Waals surface area contributed by atoms with Crippen molar-refractivity contribution in [3.8, 4) is 5.75 Å². The number of ether oxygens (including phenoxy) is 1. The highest BCUT2D eigenvalue weighted by atomic mass is 19.4. The van der Waals surface area contributed by atoms with Crippen LogP contribution in [0.15, 0.2) is 18.2 Å². The van der Waals surface area contributed by atoms with E-state index in [9.17, 15) is 18.0 Å². The molecule has 0 bridgehead atoms. The van der Waals surface area contributed by atoms with Crippen molar-refractivity contribution in [3.63, 3.8) is 0 Å². The Bertz CT molecular complexity index is 525.